The molecule has 2 amide bonds. The van der Waals surface area contributed by atoms with Crippen molar-refractivity contribution >= 4 is 29.2 Å². The Morgan fingerprint density at radius 2 is 1.67 bits per heavy atom. The smallest absolute Gasteiger partial charge is 0.243 e. The molecule has 132 valence electrons. The quantitative estimate of drug-likeness (QED) is 0.668. The van der Waals surface area contributed by atoms with Crippen LogP contribution in [0, 0.1) is 5.92 Å². The molecule has 0 spiro atoms. The van der Waals surface area contributed by atoms with Gasteiger partial charge in [-0.25, -0.2) is 0 Å². The minimum absolute atomic E-state index is 0.174. The number of rotatable bonds is 9. The second kappa shape index (κ2) is 10.1. The molecule has 24 heavy (non-hydrogen) atoms. The molecule has 0 unspecified atom stereocenters. The first-order valence-electron chi connectivity index (χ1n) is 8.03. The predicted molar refractivity (Wildman–Crippen MR) is 94.9 cm³/mol. The summed E-state index contributed by atoms with van der Waals surface area (Å²) >= 11 is 5.67. The summed E-state index contributed by atoms with van der Waals surface area (Å²) in [6, 6.07) is 8.04. The largest absolute Gasteiger partial charge is 0.345 e. The van der Waals surface area contributed by atoms with Crippen LogP contribution >= 0.6 is 11.6 Å². The standard InChI is InChI=1S/C18H25ClN2O3/c1-12(2)9-16(20-13(3)22)18(24)21-15(17(23)11-19)10-14-7-5-4-6-8-14/h4-8,12,15-16H,9-11H2,1-3H3,(H,20,22)(H,21,24)/t15-,16+/m0/s1. The van der Waals surface area contributed by atoms with E-state index in [1.165, 1.54) is 6.92 Å². The van der Waals surface area contributed by atoms with E-state index in [0.29, 0.717) is 12.8 Å². The van der Waals surface area contributed by atoms with Crippen molar-refractivity contribution in [2.24, 2.45) is 5.92 Å². The molecule has 0 aliphatic rings. The fourth-order valence-electron chi connectivity index (χ4n) is 2.41. The molecule has 6 heteroatoms. The van der Waals surface area contributed by atoms with Gasteiger partial charge in [0.05, 0.1) is 11.9 Å². The summed E-state index contributed by atoms with van der Waals surface area (Å²) in [5.41, 5.74) is 0.932. The van der Waals surface area contributed by atoms with Gasteiger partial charge in [0.2, 0.25) is 11.8 Å². The molecule has 1 aromatic carbocycles. The van der Waals surface area contributed by atoms with Crippen LogP contribution in [0.15, 0.2) is 30.3 Å². The Morgan fingerprint density at radius 1 is 1.04 bits per heavy atom. The summed E-state index contributed by atoms with van der Waals surface area (Å²) in [7, 11) is 0. The van der Waals surface area contributed by atoms with Gasteiger partial charge in [0, 0.05) is 6.92 Å². The number of ketones is 1. The lowest BCUT2D eigenvalue weighted by Crippen LogP contribution is -2.52. The fraction of sp³-hybridized carbons (Fsp3) is 0.500. The van der Waals surface area contributed by atoms with E-state index in [4.69, 9.17) is 11.6 Å². The average Bonchev–Trinajstić information content (AvgIpc) is 2.52. The summed E-state index contributed by atoms with van der Waals surface area (Å²) in [5, 5.41) is 5.38. The summed E-state index contributed by atoms with van der Waals surface area (Å²) in [6.45, 7) is 5.30. The monoisotopic (exact) mass is 352 g/mol. The number of Topliss-reactive ketones (excluding diaryl/α,β-unsaturated/α-hetero) is 1. The Balaban J connectivity index is 2.84. The molecule has 0 radical (unpaired) electrons. The maximum atomic E-state index is 12.5. The molecule has 1 aromatic rings. The molecule has 0 bridgehead atoms. The molecule has 5 nitrogen and oxygen atoms in total. The molecule has 2 N–H and O–H groups in total. The lowest BCUT2D eigenvalue weighted by Gasteiger charge is -2.23. The van der Waals surface area contributed by atoms with E-state index in [1.807, 2.05) is 44.2 Å². The zero-order valence-electron chi connectivity index (χ0n) is 14.3. The summed E-state index contributed by atoms with van der Waals surface area (Å²) < 4.78 is 0. The van der Waals surface area contributed by atoms with Gasteiger partial charge in [0.1, 0.15) is 6.04 Å². The number of hydrogen-bond donors (Lipinski definition) is 2. The van der Waals surface area contributed by atoms with Crippen LogP contribution in [-0.2, 0) is 20.8 Å². The van der Waals surface area contributed by atoms with Gasteiger partial charge < -0.3 is 10.6 Å². The van der Waals surface area contributed by atoms with E-state index >= 15 is 0 Å². The normalized spacial score (nSPS) is 13.2. The highest BCUT2D eigenvalue weighted by atomic mass is 35.5. The van der Waals surface area contributed by atoms with Crippen LogP contribution in [0.5, 0.6) is 0 Å². The van der Waals surface area contributed by atoms with Crippen molar-refractivity contribution in [1.82, 2.24) is 10.6 Å². The van der Waals surface area contributed by atoms with Crippen LogP contribution in [0.1, 0.15) is 32.8 Å². The highest BCUT2D eigenvalue weighted by Gasteiger charge is 2.26. The van der Waals surface area contributed by atoms with Crippen molar-refractivity contribution in [2.45, 2.75) is 45.7 Å². The minimum Gasteiger partial charge on any atom is -0.345 e. The molecule has 0 fully saturated rings. The van der Waals surface area contributed by atoms with Gasteiger partial charge in [-0.2, -0.15) is 0 Å². The Labute approximate surface area is 148 Å². The first-order valence-corrected chi connectivity index (χ1v) is 8.57. The number of nitrogens with one attached hydrogen (secondary N) is 2. The van der Waals surface area contributed by atoms with E-state index in [2.05, 4.69) is 10.6 Å². The van der Waals surface area contributed by atoms with Gasteiger partial charge in [-0.15, -0.1) is 11.6 Å². The summed E-state index contributed by atoms with van der Waals surface area (Å²) in [4.78, 5) is 35.9. The van der Waals surface area contributed by atoms with Crippen LogP contribution in [-0.4, -0.2) is 35.6 Å². The van der Waals surface area contributed by atoms with Gasteiger partial charge in [-0.3, -0.25) is 14.4 Å². The zero-order valence-corrected chi connectivity index (χ0v) is 15.1. The third kappa shape index (κ3) is 7.13. The van der Waals surface area contributed by atoms with E-state index in [0.717, 1.165) is 5.56 Å². The van der Waals surface area contributed by atoms with Gasteiger partial charge in [-0.05, 0) is 24.3 Å². The van der Waals surface area contributed by atoms with Crippen LogP contribution < -0.4 is 10.6 Å². The SMILES string of the molecule is CC(=O)N[C@H](CC(C)C)C(=O)N[C@@H](Cc1ccccc1)C(=O)CCl. The number of alkyl halides is 1. The second-order valence-electron chi connectivity index (χ2n) is 6.23. The zero-order chi connectivity index (χ0) is 18.1. The number of hydrogen-bond acceptors (Lipinski definition) is 3. The first kappa shape index (κ1) is 20.2. The molecular formula is C18H25ClN2O3. The molecular weight excluding hydrogens is 328 g/mol. The maximum Gasteiger partial charge on any atom is 0.243 e. The Kier molecular flexibility index (Phi) is 8.47. The van der Waals surface area contributed by atoms with Gasteiger partial charge >= 0.3 is 0 Å². The van der Waals surface area contributed by atoms with E-state index in [-0.39, 0.29) is 29.4 Å². The highest BCUT2D eigenvalue weighted by molar-refractivity contribution is 6.28. The molecule has 0 aromatic heterocycles. The van der Waals surface area contributed by atoms with E-state index in [9.17, 15) is 14.4 Å². The van der Waals surface area contributed by atoms with Crippen molar-refractivity contribution in [3.63, 3.8) is 0 Å². The molecule has 2 atom stereocenters. The molecule has 0 saturated carbocycles. The van der Waals surface area contributed by atoms with Crippen molar-refractivity contribution < 1.29 is 14.4 Å². The van der Waals surface area contributed by atoms with E-state index < -0.39 is 12.1 Å². The number of benzene rings is 1. The van der Waals surface area contributed by atoms with Crippen LogP contribution in [0.2, 0.25) is 0 Å². The minimum atomic E-state index is -0.708. The third-order valence-electron chi connectivity index (χ3n) is 3.52. The molecule has 0 aliphatic carbocycles. The predicted octanol–water partition coefficient (Wildman–Crippen LogP) is 2.07. The highest BCUT2D eigenvalue weighted by Crippen LogP contribution is 2.08. The van der Waals surface area contributed by atoms with Gasteiger partial charge in [0.25, 0.3) is 0 Å². The topological polar surface area (TPSA) is 75.3 Å². The number of carbonyl (C=O) groups excluding carboxylic acids is 3. The van der Waals surface area contributed by atoms with Gasteiger partial charge in [-0.1, -0.05) is 44.2 Å². The average molecular weight is 353 g/mol. The molecule has 0 saturated heterocycles. The molecule has 0 aliphatic heterocycles. The van der Waals surface area contributed by atoms with Gasteiger partial charge in [0.15, 0.2) is 5.78 Å². The summed E-state index contributed by atoms with van der Waals surface area (Å²) in [5.74, 6) is -0.839. The lowest BCUT2D eigenvalue weighted by molar-refractivity contribution is -0.130. The van der Waals surface area contributed by atoms with Crippen LogP contribution in [0.3, 0.4) is 0 Å². The fourth-order valence-corrected chi connectivity index (χ4v) is 2.60. The number of halogens is 1. The van der Waals surface area contributed by atoms with E-state index in [1.54, 1.807) is 0 Å². The van der Waals surface area contributed by atoms with Crippen molar-refractivity contribution in [3.05, 3.63) is 35.9 Å². The van der Waals surface area contributed by atoms with Crippen LogP contribution in [0.4, 0.5) is 0 Å². The molecule has 0 heterocycles. The van der Waals surface area contributed by atoms with Crippen molar-refractivity contribution in [1.29, 1.82) is 0 Å². The number of amides is 2. The Hall–Kier alpha value is -1.88. The second-order valence-corrected chi connectivity index (χ2v) is 6.50. The van der Waals surface area contributed by atoms with Crippen LogP contribution in [0.25, 0.3) is 0 Å². The summed E-state index contributed by atoms with van der Waals surface area (Å²) in [6.07, 6.45) is 0.866. The van der Waals surface area contributed by atoms with Crippen molar-refractivity contribution in [2.75, 3.05) is 5.88 Å². The lowest BCUT2D eigenvalue weighted by atomic mass is 10.00. The third-order valence-corrected chi connectivity index (χ3v) is 3.78. The maximum absolute atomic E-state index is 12.5. The Morgan fingerprint density at radius 3 is 2.17 bits per heavy atom. The molecule has 1 rings (SSSR count). The number of carbonyl (C=O) groups is 3. The van der Waals surface area contributed by atoms with Crippen molar-refractivity contribution in [3.8, 4) is 0 Å². The first-order chi connectivity index (χ1) is 11.3. The Bertz CT molecular complexity index is 561.